The average Bonchev–Trinajstić information content (AvgIpc) is 3.47. The van der Waals surface area contributed by atoms with Gasteiger partial charge >= 0.3 is 0 Å². The molecule has 160 valence electrons. The van der Waals surface area contributed by atoms with Crippen LogP contribution >= 0.6 is 0 Å². The molecule has 2 aromatic rings. The molecule has 2 aliphatic heterocycles. The third kappa shape index (κ3) is 3.74. The molecule has 0 radical (unpaired) electrons. The van der Waals surface area contributed by atoms with Crippen LogP contribution in [0.1, 0.15) is 47.8 Å². The number of nitrogens with one attached hydrogen (secondary N) is 1. The van der Waals surface area contributed by atoms with Crippen molar-refractivity contribution in [1.82, 2.24) is 34.9 Å². The second-order valence-corrected chi connectivity index (χ2v) is 9.02. The van der Waals surface area contributed by atoms with Crippen molar-refractivity contribution in [1.29, 1.82) is 0 Å². The minimum absolute atomic E-state index is 0.0994. The Morgan fingerprint density at radius 2 is 2.00 bits per heavy atom. The van der Waals surface area contributed by atoms with E-state index < -0.39 is 0 Å². The van der Waals surface area contributed by atoms with Crippen molar-refractivity contribution < 1.29 is 4.79 Å². The fourth-order valence-corrected chi connectivity index (χ4v) is 4.97. The SMILES string of the molecule is CN1CCn2c(C(=O)NCCc3ccccn3)nnc2C12CCN(CC1CC1)CC2. The van der Waals surface area contributed by atoms with Gasteiger partial charge in [-0.05, 0) is 50.8 Å². The summed E-state index contributed by atoms with van der Waals surface area (Å²) in [5.74, 6) is 2.19. The molecule has 0 aromatic carbocycles. The van der Waals surface area contributed by atoms with E-state index in [2.05, 4.69) is 41.9 Å². The van der Waals surface area contributed by atoms with Crippen molar-refractivity contribution in [3.8, 4) is 0 Å². The summed E-state index contributed by atoms with van der Waals surface area (Å²) in [4.78, 5) is 22.2. The lowest BCUT2D eigenvalue weighted by Gasteiger charge is -2.49. The van der Waals surface area contributed by atoms with Crippen LogP contribution in [0.5, 0.6) is 0 Å². The molecule has 3 aliphatic rings. The summed E-state index contributed by atoms with van der Waals surface area (Å²) in [6, 6.07) is 5.83. The summed E-state index contributed by atoms with van der Waals surface area (Å²) in [5.41, 5.74) is 0.872. The number of pyridine rings is 1. The number of carbonyl (C=O) groups excluding carboxylic acids is 1. The third-order valence-corrected chi connectivity index (χ3v) is 7.05. The molecule has 1 saturated carbocycles. The van der Waals surface area contributed by atoms with Gasteiger partial charge in [0, 0.05) is 57.6 Å². The standard InChI is InChI=1S/C22H31N7O/c1-27-14-15-29-19(20(30)24-11-7-18-4-2-3-10-23-18)25-26-21(29)22(27)8-12-28(13-9-22)16-17-5-6-17/h2-4,10,17H,5-9,11-16H2,1H3,(H,24,30). The lowest BCUT2D eigenvalue weighted by molar-refractivity contribution is 0.00717. The molecule has 2 aromatic heterocycles. The number of hydrogen-bond donors (Lipinski definition) is 1. The van der Waals surface area contributed by atoms with Crippen LogP contribution in [0, 0.1) is 5.92 Å². The summed E-state index contributed by atoms with van der Waals surface area (Å²) in [6.45, 7) is 5.66. The maximum absolute atomic E-state index is 12.8. The van der Waals surface area contributed by atoms with Crippen molar-refractivity contribution in [3.63, 3.8) is 0 Å². The zero-order chi connectivity index (χ0) is 20.6. The van der Waals surface area contributed by atoms with Crippen LogP contribution in [0.2, 0.25) is 0 Å². The summed E-state index contributed by atoms with van der Waals surface area (Å²) in [7, 11) is 2.20. The van der Waals surface area contributed by atoms with Crippen LogP contribution in [-0.4, -0.2) is 75.2 Å². The van der Waals surface area contributed by atoms with Crippen molar-refractivity contribution >= 4 is 5.91 Å². The summed E-state index contributed by atoms with van der Waals surface area (Å²) in [6.07, 6.45) is 7.38. The van der Waals surface area contributed by atoms with Crippen LogP contribution in [-0.2, 0) is 18.5 Å². The average molecular weight is 410 g/mol. The largest absolute Gasteiger partial charge is 0.349 e. The third-order valence-electron chi connectivity index (χ3n) is 7.05. The highest BCUT2D eigenvalue weighted by atomic mass is 16.2. The van der Waals surface area contributed by atoms with Crippen LogP contribution < -0.4 is 5.32 Å². The highest BCUT2D eigenvalue weighted by Gasteiger charge is 2.47. The molecule has 0 atom stereocenters. The van der Waals surface area contributed by atoms with Gasteiger partial charge in [0.25, 0.3) is 5.91 Å². The summed E-state index contributed by atoms with van der Waals surface area (Å²) >= 11 is 0. The number of aromatic nitrogens is 4. The Kier molecular flexibility index (Phi) is 5.28. The Bertz CT molecular complexity index is 884. The predicted octanol–water partition coefficient (Wildman–Crippen LogP) is 1.29. The maximum Gasteiger partial charge on any atom is 0.289 e. The van der Waals surface area contributed by atoms with Gasteiger partial charge in [-0.25, -0.2) is 0 Å². The van der Waals surface area contributed by atoms with Gasteiger partial charge in [-0.3, -0.25) is 14.7 Å². The second kappa shape index (κ2) is 8.07. The van der Waals surface area contributed by atoms with Gasteiger partial charge in [0.05, 0.1) is 5.54 Å². The quantitative estimate of drug-likeness (QED) is 0.775. The molecule has 8 heteroatoms. The molecule has 0 unspecified atom stereocenters. The Hall–Kier alpha value is -2.32. The number of nitrogens with zero attached hydrogens (tertiary/aromatic N) is 6. The molecular weight excluding hydrogens is 378 g/mol. The van der Waals surface area contributed by atoms with Gasteiger partial charge in [0.1, 0.15) is 0 Å². The molecule has 1 spiro atoms. The minimum Gasteiger partial charge on any atom is -0.349 e. The van der Waals surface area contributed by atoms with Crippen LogP contribution in [0.15, 0.2) is 24.4 Å². The van der Waals surface area contributed by atoms with Gasteiger partial charge in [0.2, 0.25) is 5.82 Å². The lowest BCUT2D eigenvalue weighted by Crippen LogP contribution is -2.56. The molecule has 8 nitrogen and oxygen atoms in total. The summed E-state index contributed by atoms with van der Waals surface area (Å²) < 4.78 is 2.06. The van der Waals surface area contributed by atoms with E-state index in [4.69, 9.17) is 0 Å². The molecule has 5 rings (SSSR count). The lowest BCUT2D eigenvalue weighted by atomic mass is 9.83. The monoisotopic (exact) mass is 409 g/mol. The topological polar surface area (TPSA) is 79.2 Å². The molecule has 30 heavy (non-hydrogen) atoms. The van der Waals surface area contributed by atoms with E-state index in [-0.39, 0.29) is 11.4 Å². The van der Waals surface area contributed by atoms with Gasteiger partial charge in [-0.1, -0.05) is 6.07 Å². The first-order valence-electron chi connectivity index (χ1n) is 11.2. The number of hydrogen-bond acceptors (Lipinski definition) is 6. The van der Waals surface area contributed by atoms with E-state index in [9.17, 15) is 4.79 Å². The molecule has 1 aliphatic carbocycles. The fraction of sp³-hybridized carbons (Fsp3) is 0.636. The molecule has 0 bridgehead atoms. The number of carbonyl (C=O) groups is 1. The minimum atomic E-state index is -0.143. The van der Waals surface area contributed by atoms with Crippen molar-refractivity contribution in [2.45, 2.75) is 44.2 Å². The predicted molar refractivity (Wildman–Crippen MR) is 113 cm³/mol. The van der Waals surface area contributed by atoms with E-state index in [1.165, 1.54) is 19.4 Å². The van der Waals surface area contributed by atoms with Crippen molar-refractivity contribution in [2.75, 3.05) is 39.8 Å². The van der Waals surface area contributed by atoms with Crippen molar-refractivity contribution in [3.05, 3.63) is 41.7 Å². The Balaban J connectivity index is 1.27. The molecule has 1 amide bonds. The number of likely N-dealkylation sites (N-methyl/N-ethyl adjacent to an activating group) is 1. The van der Waals surface area contributed by atoms with E-state index in [0.717, 1.165) is 56.5 Å². The highest BCUT2D eigenvalue weighted by Crippen LogP contribution is 2.40. The molecule has 1 N–H and O–H groups in total. The number of piperidine rings is 1. The van der Waals surface area contributed by atoms with E-state index in [1.807, 2.05) is 18.2 Å². The summed E-state index contributed by atoms with van der Waals surface area (Å²) in [5, 5.41) is 11.9. The zero-order valence-corrected chi connectivity index (χ0v) is 17.8. The van der Waals surface area contributed by atoms with E-state index in [1.54, 1.807) is 6.20 Å². The molecular formula is C22H31N7O. The zero-order valence-electron chi connectivity index (χ0n) is 17.8. The first-order valence-corrected chi connectivity index (χ1v) is 11.2. The number of amides is 1. The van der Waals surface area contributed by atoms with Gasteiger partial charge in [-0.2, -0.15) is 0 Å². The Morgan fingerprint density at radius 3 is 2.73 bits per heavy atom. The molecule has 2 fully saturated rings. The van der Waals surface area contributed by atoms with Gasteiger partial charge in [0.15, 0.2) is 5.82 Å². The van der Waals surface area contributed by atoms with E-state index >= 15 is 0 Å². The normalized spacial score (nSPS) is 21.5. The Labute approximate surface area is 177 Å². The maximum atomic E-state index is 12.8. The first-order chi connectivity index (χ1) is 14.7. The van der Waals surface area contributed by atoms with Crippen LogP contribution in [0.25, 0.3) is 0 Å². The second-order valence-electron chi connectivity index (χ2n) is 9.02. The van der Waals surface area contributed by atoms with Crippen molar-refractivity contribution in [2.24, 2.45) is 5.92 Å². The van der Waals surface area contributed by atoms with Gasteiger partial charge in [-0.15, -0.1) is 10.2 Å². The van der Waals surface area contributed by atoms with Crippen LogP contribution in [0.4, 0.5) is 0 Å². The molecule has 4 heterocycles. The van der Waals surface area contributed by atoms with Gasteiger partial charge < -0.3 is 14.8 Å². The molecule has 1 saturated heterocycles. The number of likely N-dealkylation sites (tertiary alicyclic amines) is 1. The fourth-order valence-electron chi connectivity index (χ4n) is 4.97. The highest BCUT2D eigenvalue weighted by molar-refractivity contribution is 5.90. The number of rotatable bonds is 6. The van der Waals surface area contributed by atoms with Crippen LogP contribution in [0.3, 0.4) is 0 Å². The Morgan fingerprint density at radius 1 is 1.17 bits per heavy atom. The number of fused-ring (bicyclic) bond motifs is 2. The van der Waals surface area contributed by atoms with E-state index in [0.29, 0.717) is 18.8 Å². The smallest absolute Gasteiger partial charge is 0.289 e. The first kappa shape index (κ1) is 19.6.